The quantitative estimate of drug-likeness (QED) is 0.506. The third kappa shape index (κ3) is 3.16. The van der Waals surface area contributed by atoms with Crippen LogP contribution in [-0.4, -0.2) is 11.9 Å². The third-order valence-corrected chi connectivity index (χ3v) is 2.73. The zero-order chi connectivity index (χ0) is 9.84. The summed E-state index contributed by atoms with van der Waals surface area (Å²) in [7, 11) is 0. The van der Waals surface area contributed by atoms with Crippen molar-refractivity contribution in [2.45, 2.75) is 26.4 Å². The summed E-state index contributed by atoms with van der Waals surface area (Å²) in [6.07, 6.45) is 0. The van der Waals surface area contributed by atoms with Crippen molar-refractivity contribution in [2.24, 2.45) is 5.73 Å². The van der Waals surface area contributed by atoms with Crippen molar-refractivity contribution in [3.63, 3.8) is 0 Å². The first-order valence-corrected chi connectivity index (χ1v) is 5.07. The Balaban J connectivity index is 2.54. The Morgan fingerprint density at radius 1 is 1.62 bits per heavy atom. The Morgan fingerprint density at radius 3 is 2.77 bits per heavy atom. The summed E-state index contributed by atoms with van der Waals surface area (Å²) in [6, 6.07) is 4.39. The van der Waals surface area contributed by atoms with Crippen LogP contribution in [0.2, 0.25) is 0 Å². The van der Waals surface area contributed by atoms with E-state index in [1.807, 2.05) is 12.1 Å². The van der Waals surface area contributed by atoms with Gasteiger partial charge in [-0.25, -0.2) is 0 Å². The molecule has 1 heterocycles. The molecule has 0 aromatic carbocycles. The Kier molecular flexibility index (Phi) is 3.45. The van der Waals surface area contributed by atoms with Crippen LogP contribution in [0.3, 0.4) is 0 Å². The molecule has 0 aliphatic carbocycles. The van der Waals surface area contributed by atoms with E-state index < -0.39 is 0 Å². The van der Waals surface area contributed by atoms with Gasteiger partial charge >= 0.3 is 0 Å². The molecule has 0 radical (unpaired) electrons. The molecular weight excluding hydrogens is 182 g/mol. The van der Waals surface area contributed by atoms with Gasteiger partial charge in [0.1, 0.15) is 5.84 Å². The van der Waals surface area contributed by atoms with Crippen LogP contribution in [0, 0.1) is 5.41 Å². The number of amidine groups is 1. The lowest BCUT2D eigenvalue weighted by molar-refractivity contribution is 0.593. The fourth-order valence-corrected chi connectivity index (χ4v) is 1.74. The first kappa shape index (κ1) is 10.2. The minimum absolute atomic E-state index is 0.154. The van der Waals surface area contributed by atoms with Crippen LogP contribution in [0.25, 0.3) is 0 Å². The monoisotopic (exact) mass is 197 g/mol. The molecule has 0 saturated heterocycles. The van der Waals surface area contributed by atoms with Crippen molar-refractivity contribution in [1.29, 1.82) is 5.41 Å². The number of nitrogen functional groups attached to an aromatic ring is 1. The summed E-state index contributed by atoms with van der Waals surface area (Å²) in [5, 5.41) is 10.5. The van der Waals surface area contributed by atoms with Gasteiger partial charge < -0.3 is 11.1 Å². The molecule has 4 heteroatoms. The van der Waals surface area contributed by atoms with Gasteiger partial charge in [-0.2, -0.15) is 0 Å². The summed E-state index contributed by atoms with van der Waals surface area (Å²) in [5.74, 6) is 0.154. The first-order chi connectivity index (χ1) is 6.09. The molecule has 72 valence electrons. The Hall–Kier alpha value is -0.870. The van der Waals surface area contributed by atoms with Gasteiger partial charge in [0.15, 0.2) is 0 Å². The van der Waals surface area contributed by atoms with Crippen LogP contribution >= 0.6 is 11.3 Å². The fraction of sp³-hybridized carbons (Fsp3) is 0.444. The molecule has 0 bridgehead atoms. The van der Waals surface area contributed by atoms with Gasteiger partial charge in [0.05, 0.1) is 4.88 Å². The molecule has 1 rings (SSSR count). The van der Waals surface area contributed by atoms with Gasteiger partial charge in [0.25, 0.3) is 0 Å². The SMILES string of the molecule is CC(C)NCc1ccc(C(=N)N)s1. The number of nitrogens with two attached hydrogens (primary N) is 1. The van der Waals surface area contributed by atoms with Gasteiger partial charge in [-0.05, 0) is 12.1 Å². The van der Waals surface area contributed by atoms with Crippen molar-refractivity contribution in [3.8, 4) is 0 Å². The highest BCUT2D eigenvalue weighted by molar-refractivity contribution is 7.14. The minimum Gasteiger partial charge on any atom is -0.383 e. The fourth-order valence-electron chi connectivity index (χ4n) is 0.922. The largest absolute Gasteiger partial charge is 0.383 e. The maximum absolute atomic E-state index is 7.23. The predicted octanol–water partition coefficient (Wildman–Crippen LogP) is 1.53. The van der Waals surface area contributed by atoms with E-state index in [1.165, 1.54) is 4.88 Å². The van der Waals surface area contributed by atoms with Gasteiger partial charge in [0.2, 0.25) is 0 Å². The molecule has 0 unspecified atom stereocenters. The van der Waals surface area contributed by atoms with E-state index in [9.17, 15) is 0 Å². The van der Waals surface area contributed by atoms with Gasteiger partial charge in [-0.15, -0.1) is 11.3 Å². The van der Waals surface area contributed by atoms with E-state index in [0.29, 0.717) is 6.04 Å². The lowest BCUT2D eigenvalue weighted by atomic mass is 10.3. The molecule has 0 atom stereocenters. The topological polar surface area (TPSA) is 61.9 Å². The van der Waals surface area contributed by atoms with E-state index >= 15 is 0 Å². The molecule has 1 aromatic rings. The number of hydrogen-bond acceptors (Lipinski definition) is 3. The maximum Gasteiger partial charge on any atom is 0.133 e. The molecule has 1 aromatic heterocycles. The van der Waals surface area contributed by atoms with Gasteiger partial charge in [0, 0.05) is 17.5 Å². The molecule has 0 amide bonds. The highest BCUT2D eigenvalue weighted by Gasteiger charge is 2.02. The molecule has 4 N–H and O–H groups in total. The molecule has 0 aliphatic rings. The van der Waals surface area contributed by atoms with Crippen LogP contribution in [0.15, 0.2) is 12.1 Å². The molecule has 0 saturated carbocycles. The smallest absolute Gasteiger partial charge is 0.133 e. The first-order valence-electron chi connectivity index (χ1n) is 4.26. The normalized spacial score (nSPS) is 10.7. The molecule has 0 spiro atoms. The molecule has 13 heavy (non-hydrogen) atoms. The van der Waals surface area contributed by atoms with Crippen molar-refractivity contribution in [3.05, 3.63) is 21.9 Å². The van der Waals surface area contributed by atoms with Crippen LogP contribution in [0.4, 0.5) is 0 Å². The van der Waals surface area contributed by atoms with Crippen LogP contribution in [-0.2, 0) is 6.54 Å². The van der Waals surface area contributed by atoms with Crippen LogP contribution < -0.4 is 11.1 Å². The van der Waals surface area contributed by atoms with Crippen molar-refractivity contribution in [2.75, 3.05) is 0 Å². The van der Waals surface area contributed by atoms with Crippen molar-refractivity contribution >= 4 is 17.2 Å². The minimum atomic E-state index is 0.154. The third-order valence-electron chi connectivity index (χ3n) is 1.61. The highest BCUT2D eigenvalue weighted by Crippen LogP contribution is 2.15. The van der Waals surface area contributed by atoms with Crippen molar-refractivity contribution in [1.82, 2.24) is 5.32 Å². The molecular formula is C9H15N3S. The van der Waals surface area contributed by atoms with Gasteiger partial charge in [-0.1, -0.05) is 13.8 Å². The number of rotatable bonds is 4. The summed E-state index contributed by atoms with van der Waals surface area (Å²) < 4.78 is 0. The Morgan fingerprint density at radius 2 is 2.31 bits per heavy atom. The maximum atomic E-state index is 7.23. The second-order valence-corrected chi connectivity index (χ2v) is 4.38. The van der Waals surface area contributed by atoms with E-state index in [0.717, 1.165) is 11.4 Å². The molecule has 0 fully saturated rings. The average molecular weight is 197 g/mol. The van der Waals surface area contributed by atoms with Crippen molar-refractivity contribution < 1.29 is 0 Å². The van der Waals surface area contributed by atoms with E-state index in [-0.39, 0.29) is 5.84 Å². The van der Waals surface area contributed by atoms with E-state index in [1.54, 1.807) is 11.3 Å². The lowest BCUT2D eigenvalue weighted by Crippen LogP contribution is -2.21. The predicted molar refractivity (Wildman–Crippen MR) is 57.3 cm³/mol. The van der Waals surface area contributed by atoms with Gasteiger partial charge in [-0.3, -0.25) is 5.41 Å². The Labute approximate surface area is 82.5 Å². The number of thiophene rings is 1. The number of hydrogen-bond donors (Lipinski definition) is 3. The standard InChI is InChI=1S/C9H15N3S/c1-6(2)12-5-7-3-4-8(13-7)9(10)11/h3-4,6,12H,5H2,1-2H3,(H3,10,11). The summed E-state index contributed by atoms with van der Waals surface area (Å²) in [5.41, 5.74) is 5.36. The second kappa shape index (κ2) is 4.39. The second-order valence-electron chi connectivity index (χ2n) is 3.22. The van der Waals surface area contributed by atoms with E-state index in [4.69, 9.17) is 11.1 Å². The van der Waals surface area contributed by atoms with Crippen LogP contribution in [0.1, 0.15) is 23.6 Å². The molecule has 3 nitrogen and oxygen atoms in total. The summed E-state index contributed by atoms with van der Waals surface area (Å²) in [4.78, 5) is 2.07. The number of nitrogens with one attached hydrogen (secondary N) is 2. The molecule has 0 aliphatic heterocycles. The zero-order valence-corrected chi connectivity index (χ0v) is 8.74. The van der Waals surface area contributed by atoms with Crippen LogP contribution in [0.5, 0.6) is 0 Å². The average Bonchev–Trinajstić information content (AvgIpc) is 2.48. The highest BCUT2D eigenvalue weighted by atomic mass is 32.1. The lowest BCUT2D eigenvalue weighted by Gasteiger charge is -2.05. The Bertz CT molecular complexity index is 291. The summed E-state index contributed by atoms with van der Waals surface area (Å²) >= 11 is 1.57. The zero-order valence-electron chi connectivity index (χ0n) is 7.92. The summed E-state index contributed by atoms with van der Waals surface area (Å²) in [6.45, 7) is 5.08. The van der Waals surface area contributed by atoms with E-state index in [2.05, 4.69) is 19.2 Å².